The average molecular weight is 335 g/mol. The largest absolute Gasteiger partial charge is 0.340 e. The zero-order chi connectivity index (χ0) is 17.2. The number of likely N-dealkylation sites (N-methyl/N-ethyl adjacent to an activating group) is 1. The number of aromatic nitrogens is 3. The summed E-state index contributed by atoms with van der Waals surface area (Å²) in [6, 6.07) is 11.7. The Kier molecular flexibility index (Phi) is 4.19. The molecule has 0 bridgehead atoms. The molecular weight excluding hydrogens is 314 g/mol. The van der Waals surface area contributed by atoms with Gasteiger partial charge in [0.05, 0.1) is 5.39 Å². The van der Waals surface area contributed by atoms with Crippen molar-refractivity contribution in [2.24, 2.45) is 0 Å². The van der Waals surface area contributed by atoms with E-state index in [9.17, 15) is 4.79 Å². The van der Waals surface area contributed by atoms with Crippen LogP contribution in [0.2, 0.25) is 0 Å². The molecule has 0 aliphatic carbocycles. The van der Waals surface area contributed by atoms with E-state index in [0.29, 0.717) is 17.0 Å². The lowest BCUT2D eigenvalue weighted by Crippen LogP contribution is -2.47. The van der Waals surface area contributed by atoms with Crippen molar-refractivity contribution in [1.82, 2.24) is 19.9 Å². The maximum absolute atomic E-state index is 12.8. The van der Waals surface area contributed by atoms with Crippen LogP contribution in [0.3, 0.4) is 0 Å². The van der Waals surface area contributed by atoms with Crippen molar-refractivity contribution in [2.45, 2.75) is 6.92 Å². The Hall–Kier alpha value is -2.73. The first-order valence-electron chi connectivity index (χ1n) is 8.68. The quantitative estimate of drug-likeness (QED) is 0.794. The van der Waals surface area contributed by atoms with Gasteiger partial charge in [-0.3, -0.25) is 9.78 Å². The van der Waals surface area contributed by atoms with Crippen LogP contribution in [-0.2, 0) is 0 Å². The minimum Gasteiger partial charge on any atom is -0.340 e. The molecule has 25 heavy (non-hydrogen) atoms. The van der Waals surface area contributed by atoms with Crippen molar-refractivity contribution < 1.29 is 0 Å². The first kappa shape index (κ1) is 15.8. The molecule has 0 spiro atoms. The molecule has 128 valence electrons. The lowest BCUT2D eigenvalue weighted by atomic mass is 10.0. The number of fused-ring (bicyclic) bond motifs is 1. The Balaban J connectivity index is 1.76. The third-order valence-corrected chi connectivity index (χ3v) is 4.80. The summed E-state index contributed by atoms with van der Waals surface area (Å²) < 4.78 is 0. The molecule has 1 aliphatic heterocycles. The molecule has 0 saturated carbocycles. The van der Waals surface area contributed by atoms with Gasteiger partial charge in [-0.25, -0.2) is 4.98 Å². The molecule has 1 fully saturated rings. The number of nitrogens with one attached hydrogen (secondary N) is 1. The summed E-state index contributed by atoms with van der Waals surface area (Å²) in [4.78, 5) is 29.3. The number of H-pyrrole nitrogens is 1. The van der Waals surface area contributed by atoms with E-state index in [0.717, 1.165) is 43.9 Å². The van der Waals surface area contributed by atoms with Gasteiger partial charge in [0, 0.05) is 32.4 Å². The summed E-state index contributed by atoms with van der Waals surface area (Å²) in [5.74, 6) is 0.617. The first-order chi connectivity index (χ1) is 12.3. The normalized spacial score (nSPS) is 15.6. The highest BCUT2D eigenvalue weighted by Gasteiger charge is 2.19. The molecule has 0 radical (unpaired) electrons. The summed E-state index contributed by atoms with van der Waals surface area (Å²) in [6.07, 6.45) is 1.72. The molecule has 3 heterocycles. The SMILES string of the molecule is CCN1CCN(c2nc3nccc(-c4ccccc4)c3c(=O)[nH]2)CC1. The maximum atomic E-state index is 12.8. The van der Waals surface area contributed by atoms with Gasteiger partial charge >= 0.3 is 0 Å². The molecule has 1 N–H and O–H groups in total. The second-order valence-electron chi connectivity index (χ2n) is 6.23. The summed E-state index contributed by atoms with van der Waals surface area (Å²) in [5, 5.41) is 0.546. The number of anilines is 1. The Morgan fingerprint density at radius 2 is 1.84 bits per heavy atom. The molecule has 0 atom stereocenters. The molecule has 1 aromatic carbocycles. The van der Waals surface area contributed by atoms with Crippen LogP contribution in [0, 0.1) is 0 Å². The predicted molar refractivity (Wildman–Crippen MR) is 99.9 cm³/mol. The lowest BCUT2D eigenvalue weighted by molar-refractivity contribution is 0.270. The molecule has 2 aromatic heterocycles. The van der Waals surface area contributed by atoms with Crippen LogP contribution in [-0.4, -0.2) is 52.6 Å². The topological polar surface area (TPSA) is 65.1 Å². The average Bonchev–Trinajstić information content (AvgIpc) is 2.68. The van der Waals surface area contributed by atoms with E-state index in [1.807, 2.05) is 36.4 Å². The molecular formula is C19H21N5O. The zero-order valence-corrected chi connectivity index (χ0v) is 14.3. The van der Waals surface area contributed by atoms with Crippen molar-refractivity contribution in [3.8, 4) is 11.1 Å². The van der Waals surface area contributed by atoms with E-state index in [-0.39, 0.29) is 5.56 Å². The van der Waals surface area contributed by atoms with Crippen LogP contribution in [0.5, 0.6) is 0 Å². The van der Waals surface area contributed by atoms with Crippen molar-refractivity contribution in [1.29, 1.82) is 0 Å². The minimum atomic E-state index is -0.134. The maximum Gasteiger partial charge on any atom is 0.262 e. The molecule has 0 amide bonds. The van der Waals surface area contributed by atoms with Crippen molar-refractivity contribution in [2.75, 3.05) is 37.6 Å². The van der Waals surface area contributed by atoms with Gasteiger partial charge in [-0.1, -0.05) is 37.3 Å². The summed E-state index contributed by atoms with van der Waals surface area (Å²) in [5.41, 5.74) is 2.22. The Morgan fingerprint density at radius 3 is 2.56 bits per heavy atom. The van der Waals surface area contributed by atoms with Crippen molar-refractivity contribution >= 4 is 17.0 Å². The second kappa shape index (κ2) is 6.64. The number of pyridine rings is 1. The highest BCUT2D eigenvalue weighted by atomic mass is 16.1. The second-order valence-corrected chi connectivity index (χ2v) is 6.23. The molecule has 1 saturated heterocycles. The molecule has 0 unspecified atom stereocenters. The summed E-state index contributed by atoms with van der Waals surface area (Å²) >= 11 is 0. The van der Waals surface area contributed by atoms with Gasteiger partial charge in [0.25, 0.3) is 5.56 Å². The van der Waals surface area contributed by atoms with Crippen LogP contribution in [0.1, 0.15) is 6.92 Å². The van der Waals surface area contributed by atoms with Gasteiger partial charge in [0.15, 0.2) is 5.65 Å². The highest BCUT2D eigenvalue weighted by Crippen LogP contribution is 2.24. The van der Waals surface area contributed by atoms with Gasteiger partial charge in [0.1, 0.15) is 0 Å². The van der Waals surface area contributed by atoms with Crippen LogP contribution >= 0.6 is 0 Å². The number of rotatable bonds is 3. The van der Waals surface area contributed by atoms with Gasteiger partial charge in [-0.05, 0) is 23.7 Å². The van der Waals surface area contributed by atoms with Crippen molar-refractivity contribution in [3.05, 3.63) is 52.9 Å². The van der Waals surface area contributed by atoms with Gasteiger partial charge in [0.2, 0.25) is 5.95 Å². The van der Waals surface area contributed by atoms with Gasteiger partial charge in [-0.15, -0.1) is 0 Å². The predicted octanol–water partition coefficient (Wildman–Crippen LogP) is 2.13. The standard InChI is InChI=1S/C19H21N5O/c1-2-23-10-12-24(13-11-23)19-21-17-16(18(25)22-19)15(8-9-20-17)14-6-4-3-5-7-14/h3-9H,2,10-13H2,1H3,(H,20,21,22,25). The smallest absolute Gasteiger partial charge is 0.262 e. The van der Waals surface area contributed by atoms with Crippen LogP contribution < -0.4 is 10.5 Å². The fourth-order valence-electron chi connectivity index (χ4n) is 3.34. The van der Waals surface area contributed by atoms with E-state index in [1.54, 1.807) is 6.20 Å². The molecule has 6 nitrogen and oxygen atoms in total. The van der Waals surface area contributed by atoms with Gasteiger partial charge in [-0.2, -0.15) is 4.98 Å². The Labute approximate surface area is 146 Å². The van der Waals surface area contributed by atoms with E-state index in [1.165, 1.54) is 0 Å². The van der Waals surface area contributed by atoms with Crippen LogP contribution in [0.15, 0.2) is 47.4 Å². The fourth-order valence-corrected chi connectivity index (χ4v) is 3.34. The third-order valence-electron chi connectivity index (χ3n) is 4.80. The number of hydrogen-bond acceptors (Lipinski definition) is 5. The molecule has 3 aromatic rings. The van der Waals surface area contributed by atoms with E-state index in [2.05, 4.69) is 31.7 Å². The Bertz CT molecular complexity index is 929. The molecule has 4 rings (SSSR count). The molecule has 6 heteroatoms. The number of benzene rings is 1. The molecule has 1 aliphatic rings. The van der Waals surface area contributed by atoms with Gasteiger partial charge < -0.3 is 9.80 Å². The minimum absolute atomic E-state index is 0.134. The summed E-state index contributed by atoms with van der Waals surface area (Å²) in [6.45, 7) is 6.91. The number of nitrogens with zero attached hydrogens (tertiary/aromatic N) is 4. The van der Waals surface area contributed by atoms with E-state index < -0.39 is 0 Å². The first-order valence-corrected chi connectivity index (χ1v) is 8.68. The van der Waals surface area contributed by atoms with E-state index in [4.69, 9.17) is 0 Å². The van der Waals surface area contributed by atoms with Crippen LogP contribution in [0.25, 0.3) is 22.2 Å². The number of hydrogen-bond donors (Lipinski definition) is 1. The zero-order valence-electron chi connectivity index (χ0n) is 14.3. The summed E-state index contributed by atoms with van der Waals surface area (Å²) in [7, 11) is 0. The monoisotopic (exact) mass is 335 g/mol. The van der Waals surface area contributed by atoms with Crippen molar-refractivity contribution in [3.63, 3.8) is 0 Å². The number of piperazine rings is 1. The number of aromatic amines is 1. The lowest BCUT2D eigenvalue weighted by Gasteiger charge is -2.34. The Morgan fingerprint density at radius 1 is 1.08 bits per heavy atom. The van der Waals surface area contributed by atoms with Crippen LogP contribution in [0.4, 0.5) is 5.95 Å². The third kappa shape index (κ3) is 3.00. The van der Waals surface area contributed by atoms with E-state index >= 15 is 0 Å². The highest BCUT2D eigenvalue weighted by molar-refractivity contribution is 5.92. The fraction of sp³-hybridized carbons (Fsp3) is 0.316.